The number of nitrogens with zero attached hydrogens (tertiary/aromatic N) is 3. The summed E-state index contributed by atoms with van der Waals surface area (Å²) in [6, 6.07) is 0. The van der Waals surface area contributed by atoms with Crippen molar-refractivity contribution in [3.63, 3.8) is 0 Å². The van der Waals surface area contributed by atoms with E-state index < -0.39 is 24.2 Å². The number of hydrogen-bond donors (Lipinski definition) is 0. The minimum atomic E-state index is -3.93. The molecule has 0 aliphatic heterocycles. The van der Waals surface area contributed by atoms with Gasteiger partial charge in [0.05, 0.1) is 18.2 Å². The molecule has 0 amide bonds. The fourth-order valence-corrected chi connectivity index (χ4v) is 1.74. The maximum atomic E-state index is 12.9. The average molecular weight is 237 g/mol. The number of hydrogen-bond acceptors (Lipinski definition) is 2. The highest BCUT2D eigenvalue weighted by Gasteiger charge is 2.71. The van der Waals surface area contributed by atoms with Gasteiger partial charge in [-0.2, -0.15) is 17.6 Å². The molecule has 0 bridgehead atoms. The molecule has 16 heavy (non-hydrogen) atoms. The lowest BCUT2D eigenvalue weighted by Gasteiger charge is -2.43. The smallest absolute Gasteiger partial charge is 0.252 e. The van der Waals surface area contributed by atoms with E-state index in [1.54, 1.807) is 0 Å². The molecule has 1 aliphatic carbocycles. The highest BCUT2D eigenvalue weighted by molar-refractivity contribution is 5.03. The lowest BCUT2D eigenvalue weighted by Crippen LogP contribution is -2.59. The molecule has 0 N–H and O–H groups in total. The Morgan fingerprint density at radius 2 is 2.12 bits per heavy atom. The molecule has 2 rings (SSSR count). The van der Waals surface area contributed by atoms with Crippen LogP contribution in [0.25, 0.3) is 0 Å². The Morgan fingerprint density at radius 1 is 1.44 bits per heavy atom. The van der Waals surface area contributed by atoms with Crippen LogP contribution in [0.3, 0.4) is 0 Å². The Hall–Kier alpha value is -1.14. The van der Waals surface area contributed by atoms with E-state index in [0.29, 0.717) is 12.1 Å². The summed E-state index contributed by atoms with van der Waals surface area (Å²) in [6.45, 7) is 1.63. The number of aromatic nitrogens is 3. The number of rotatable bonds is 3. The van der Waals surface area contributed by atoms with Gasteiger partial charge >= 0.3 is 11.8 Å². The molecule has 1 saturated carbocycles. The molecular formula is C9H11F4N3. The van der Waals surface area contributed by atoms with Crippen molar-refractivity contribution in [3.8, 4) is 0 Å². The summed E-state index contributed by atoms with van der Waals surface area (Å²) in [6.07, 6.45) is 1.35. The molecule has 1 unspecified atom stereocenters. The Morgan fingerprint density at radius 3 is 2.56 bits per heavy atom. The average Bonchev–Trinajstić information content (AvgIpc) is 2.64. The van der Waals surface area contributed by atoms with Gasteiger partial charge < -0.3 is 0 Å². The zero-order valence-corrected chi connectivity index (χ0v) is 8.63. The van der Waals surface area contributed by atoms with E-state index in [1.165, 1.54) is 10.9 Å². The SMILES string of the molecule is CCc1cn(CC2CC(F)(F)C2(F)F)nn1. The monoisotopic (exact) mass is 237 g/mol. The van der Waals surface area contributed by atoms with Gasteiger partial charge in [0.1, 0.15) is 0 Å². The summed E-state index contributed by atoms with van der Waals surface area (Å²) in [5.41, 5.74) is 0.661. The van der Waals surface area contributed by atoms with Crippen LogP contribution in [-0.2, 0) is 13.0 Å². The second-order valence-electron chi connectivity index (χ2n) is 4.01. The van der Waals surface area contributed by atoms with Crippen LogP contribution in [0, 0.1) is 5.92 Å². The Bertz CT molecular complexity index is 388. The van der Waals surface area contributed by atoms with E-state index in [-0.39, 0.29) is 6.54 Å². The largest absolute Gasteiger partial charge is 0.314 e. The van der Waals surface area contributed by atoms with Crippen molar-refractivity contribution >= 4 is 0 Å². The van der Waals surface area contributed by atoms with Crippen LogP contribution in [0.5, 0.6) is 0 Å². The van der Waals surface area contributed by atoms with Crippen molar-refractivity contribution in [1.82, 2.24) is 15.0 Å². The van der Waals surface area contributed by atoms with Gasteiger partial charge in [-0.3, -0.25) is 4.68 Å². The normalized spacial score (nSPS) is 26.4. The lowest BCUT2D eigenvalue weighted by molar-refractivity contribution is -0.316. The molecule has 1 aromatic heterocycles. The Balaban J connectivity index is 2.02. The maximum absolute atomic E-state index is 12.9. The molecular weight excluding hydrogens is 226 g/mol. The molecule has 3 nitrogen and oxygen atoms in total. The van der Waals surface area contributed by atoms with Crippen LogP contribution >= 0.6 is 0 Å². The zero-order chi connectivity index (χ0) is 12.0. The third kappa shape index (κ3) is 1.58. The minimum absolute atomic E-state index is 0.213. The number of halogens is 4. The zero-order valence-electron chi connectivity index (χ0n) is 8.63. The van der Waals surface area contributed by atoms with Crippen molar-refractivity contribution in [2.45, 2.75) is 38.2 Å². The van der Waals surface area contributed by atoms with E-state index >= 15 is 0 Å². The molecule has 1 fully saturated rings. The highest BCUT2D eigenvalue weighted by atomic mass is 19.3. The topological polar surface area (TPSA) is 30.7 Å². The van der Waals surface area contributed by atoms with E-state index in [1.807, 2.05) is 6.92 Å². The molecule has 0 radical (unpaired) electrons. The summed E-state index contributed by atoms with van der Waals surface area (Å²) in [5.74, 6) is -9.15. The van der Waals surface area contributed by atoms with Crippen LogP contribution in [0.15, 0.2) is 6.20 Å². The van der Waals surface area contributed by atoms with E-state index in [2.05, 4.69) is 10.3 Å². The van der Waals surface area contributed by atoms with E-state index in [0.717, 1.165) is 0 Å². The predicted molar refractivity (Wildman–Crippen MR) is 47.4 cm³/mol. The quantitative estimate of drug-likeness (QED) is 0.754. The molecule has 1 heterocycles. The number of alkyl halides is 4. The third-order valence-electron chi connectivity index (χ3n) is 2.86. The number of aryl methyl sites for hydroxylation is 1. The summed E-state index contributed by atoms with van der Waals surface area (Å²) in [7, 11) is 0. The summed E-state index contributed by atoms with van der Waals surface area (Å²) in [5, 5.41) is 7.32. The Kier molecular flexibility index (Phi) is 2.43. The molecule has 90 valence electrons. The molecule has 0 saturated heterocycles. The van der Waals surface area contributed by atoms with Gasteiger partial charge in [-0.05, 0) is 6.42 Å². The van der Waals surface area contributed by atoms with Crippen LogP contribution in [0.2, 0.25) is 0 Å². The van der Waals surface area contributed by atoms with Gasteiger partial charge in [-0.25, -0.2) is 0 Å². The highest BCUT2D eigenvalue weighted by Crippen LogP contribution is 2.55. The standard InChI is InChI=1S/C9H11F4N3/c1-2-7-5-16(15-14-7)4-6-3-8(10,11)9(6,12)13/h5-6H,2-4H2,1H3. The van der Waals surface area contributed by atoms with Gasteiger partial charge in [0.2, 0.25) is 0 Å². The molecule has 1 atom stereocenters. The van der Waals surface area contributed by atoms with Crippen molar-refractivity contribution < 1.29 is 17.6 Å². The second-order valence-corrected chi connectivity index (χ2v) is 4.01. The maximum Gasteiger partial charge on any atom is 0.314 e. The summed E-state index contributed by atoms with van der Waals surface area (Å²) < 4.78 is 52.2. The van der Waals surface area contributed by atoms with E-state index in [4.69, 9.17) is 0 Å². The molecule has 7 heteroatoms. The first-order chi connectivity index (χ1) is 7.37. The fraction of sp³-hybridized carbons (Fsp3) is 0.778. The van der Waals surface area contributed by atoms with Gasteiger partial charge in [-0.1, -0.05) is 12.1 Å². The van der Waals surface area contributed by atoms with Crippen molar-refractivity contribution in [2.24, 2.45) is 5.92 Å². The molecule has 1 aliphatic rings. The Labute approximate surface area is 89.4 Å². The predicted octanol–water partition coefficient (Wildman–Crippen LogP) is 2.13. The van der Waals surface area contributed by atoms with Crippen LogP contribution in [0.4, 0.5) is 17.6 Å². The van der Waals surface area contributed by atoms with E-state index in [9.17, 15) is 17.6 Å². The third-order valence-corrected chi connectivity index (χ3v) is 2.86. The van der Waals surface area contributed by atoms with Crippen LogP contribution in [0.1, 0.15) is 19.0 Å². The summed E-state index contributed by atoms with van der Waals surface area (Å²) >= 11 is 0. The lowest BCUT2D eigenvalue weighted by atomic mass is 9.77. The van der Waals surface area contributed by atoms with Gasteiger partial charge in [0, 0.05) is 12.6 Å². The molecule has 0 spiro atoms. The van der Waals surface area contributed by atoms with Crippen molar-refractivity contribution in [3.05, 3.63) is 11.9 Å². The van der Waals surface area contributed by atoms with Gasteiger partial charge in [0.15, 0.2) is 0 Å². The fourth-order valence-electron chi connectivity index (χ4n) is 1.74. The second kappa shape index (κ2) is 3.43. The van der Waals surface area contributed by atoms with Crippen molar-refractivity contribution in [1.29, 1.82) is 0 Å². The van der Waals surface area contributed by atoms with Crippen LogP contribution in [-0.4, -0.2) is 26.8 Å². The van der Waals surface area contributed by atoms with Gasteiger partial charge in [0.25, 0.3) is 0 Å². The first-order valence-corrected chi connectivity index (χ1v) is 5.01. The van der Waals surface area contributed by atoms with Gasteiger partial charge in [-0.15, -0.1) is 5.10 Å². The minimum Gasteiger partial charge on any atom is -0.252 e. The van der Waals surface area contributed by atoms with Crippen LogP contribution < -0.4 is 0 Å². The summed E-state index contributed by atoms with van der Waals surface area (Å²) in [4.78, 5) is 0. The molecule has 0 aromatic carbocycles. The first-order valence-electron chi connectivity index (χ1n) is 5.01. The molecule has 1 aromatic rings. The first kappa shape index (κ1) is 11.3. The van der Waals surface area contributed by atoms with Crippen molar-refractivity contribution in [2.75, 3.05) is 0 Å².